The van der Waals surface area contributed by atoms with Crippen molar-refractivity contribution in [1.82, 2.24) is 14.3 Å². The Balaban J connectivity index is 0.00000164. The van der Waals surface area contributed by atoms with Crippen LogP contribution in [0.3, 0.4) is 0 Å². The molecule has 1 aliphatic heterocycles. The zero-order valence-corrected chi connectivity index (χ0v) is 26.0. The Morgan fingerprint density at radius 1 is 1.21 bits per heavy atom. The van der Waals surface area contributed by atoms with Gasteiger partial charge in [-0.3, -0.25) is 9.13 Å². The zero-order chi connectivity index (χ0) is 27.6. The van der Waals surface area contributed by atoms with E-state index in [1.807, 2.05) is 54.3 Å². The van der Waals surface area contributed by atoms with Crippen molar-refractivity contribution in [3.8, 4) is 0 Å². The van der Waals surface area contributed by atoms with Crippen LogP contribution in [0.4, 0.5) is 26.0 Å². The van der Waals surface area contributed by atoms with E-state index in [-0.39, 0.29) is 35.7 Å². The van der Waals surface area contributed by atoms with Crippen molar-refractivity contribution in [2.75, 3.05) is 16.9 Å². The highest BCUT2D eigenvalue weighted by atomic mass is 127. The highest BCUT2D eigenvalue weighted by Crippen LogP contribution is 2.43. The molecule has 3 aromatic rings. The fourth-order valence-corrected chi connectivity index (χ4v) is 6.89. The number of imidazole rings is 1. The monoisotopic (exact) mass is 675 g/mol. The van der Waals surface area contributed by atoms with Crippen molar-refractivity contribution in [3.63, 3.8) is 0 Å². The summed E-state index contributed by atoms with van der Waals surface area (Å²) < 4.78 is 35.2. The number of aromatic nitrogens is 3. The fourth-order valence-electron chi connectivity index (χ4n) is 4.40. The number of carbonyl (C=O) groups is 1. The van der Waals surface area contributed by atoms with Crippen LogP contribution >= 0.6 is 40.2 Å². The molecule has 38 heavy (non-hydrogen) atoms. The SMILES string of the molecule is CC.CSc1cc(C2CCC(C)(C)O2)ccc1Nc1cc(NC(=O)C2CC2)nc2c1nc(C(F)F)n2PI. The van der Waals surface area contributed by atoms with Crippen molar-refractivity contribution >= 4 is 74.4 Å². The highest BCUT2D eigenvalue weighted by Gasteiger charge is 2.33. The second-order valence-corrected chi connectivity index (χ2v) is 12.6. The first-order chi connectivity index (χ1) is 18.2. The largest absolute Gasteiger partial charge is 0.368 e. The molecule has 5 rings (SSSR count). The van der Waals surface area contributed by atoms with E-state index in [1.54, 1.807) is 17.8 Å². The molecule has 2 fully saturated rings. The third-order valence-electron chi connectivity index (χ3n) is 6.46. The molecular weight excluding hydrogens is 642 g/mol. The van der Waals surface area contributed by atoms with Crippen molar-refractivity contribution in [2.45, 2.75) is 76.4 Å². The van der Waals surface area contributed by atoms with Gasteiger partial charge < -0.3 is 15.4 Å². The van der Waals surface area contributed by atoms with E-state index in [9.17, 15) is 13.6 Å². The third-order valence-corrected chi connectivity index (χ3v) is 9.29. The number of carbonyl (C=O) groups excluding carboxylic acids is 1. The van der Waals surface area contributed by atoms with Crippen LogP contribution in [0.2, 0.25) is 0 Å². The van der Waals surface area contributed by atoms with Crippen LogP contribution in [0.25, 0.3) is 11.2 Å². The molecule has 0 spiro atoms. The van der Waals surface area contributed by atoms with Gasteiger partial charge in [0.15, 0.2) is 11.5 Å². The van der Waals surface area contributed by atoms with Gasteiger partial charge in [0.2, 0.25) is 5.91 Å². The number of halogens is 3. The van der Waals surface area contributed by atoms with E-state index >= 15 is 0 Å². The molecule has 2 unspecified atom stereocenters. The molecule has 1 amide bonds. The summed E-state index contributed by atoms with van der Waals surface area (Å²) in [7, 11) is 0. The van der Waals surface area contributed by atoms with Gasteiger partial charge in [0.25, 0.3) is 6.43 Å². The topological polar surface area (TPSA) is 81.1 Å². The van der Waals surface area contributed by atoms with Crippen LogP contribution in [-0.2, 0) is 9.53 Å². The second-order valence-electron chi connectivity index (χ2n) is 9.67. The van der Waals surface area contributed by atoms with Crippen LogP contribution in [0.5, 0.6) is 0 Å². The van der Waals surface area contributed by atoms with Crippen LogP contribution in [-0.4, -0.2) is 32.1 Å². The maximum atomic E-state index is 13.8. The number of fused-ring (bicyclic) bond motifs is 1. The number of benzene rings is 1. The first-order valence-corrected chi connectivity index (χ1v) is 18.0. The maximum absolute atomic E-state index is 13.8. The van der Waals surface area contributed by atoms with Crippen LogP contribution < -0.4 is 10.6 Å². The Kier molecular flexibility index (Phi) is 9.53. The Hall–Kier alpha value is -1.56. The number of alkyl halides is 2. The lowest BCUT2D eigenvalue weighted by molar-refractivity contribution is -0.117. The van der Waals surface area contributed by atoms with E-state index in [2.05, 4.69) is 40.5 Å². The lowest BCUT2D eigenvalue weighted by atomic mass is 10.0. The maximum Gasteiger partial charge on any atom is 0.295 e. The number of nitrogens with zero attached hydrogens (tertiary/aromatic N) is 3. The van der Waals surface area contributed by atoms with E-state index in [0.717, 1.165) is 41.8 Å². The predicted octanol–water partition coefficient (Wildman–Crippen LogP) is 8.63. The van der Waals surface area contributed by atoms with Crippen molar-refractivity contribution in [2.24, 2.45) is 5.92 Å². The average Bonchev–Trinajstić information content (AvgIpc) is 3.59. The molecule has 0 radical (unpaired) electrons. The number of anilines is 3. The molecule has 1 saturated heterocycles. The minimum Gasteiger partial charge on any atom is -0.368 e. The molecule has 2 aromatic heterocycles. The quantitative estimate of drug-likeness (QED) is 0.141. The molecule has 7 nitrogen and oxygen atoms in total. The third kappa shape index (κ3) is 6.42. The normalized spacial score (nSPS) is 18.7. The number of hydrogen-bond acceptors (Lipinski definition) is 6. The minimum absolute atomic E-state index is 0.00897. The molecule has 206 valence electrons. The summed E-state index contributed by atoms with van der Waals surface area (Å²) in [6.45, 7) is 8.21. The van der Waals surface area contributed by atoms with Gasteiger partial charge in [-0.25, -0.2) is 18.7 Å². The smallest absolute Gasteiger partial charge is 0.295 e. The summed E-state index contributed by atoms with van der Waals surface area (Å²) in [6, 6.07) is 7.81. The first kappa shape index (κ1) is 29.4. The summed E-state index contributed by atoms with van der Waals surface area (Å²) in [4.78, 5) is 22.2. The number of nitrogens with one attached hydrogen (secondary N) is 2. The summed E-state index contributed by atoms with van der Waals surface area (Å²) in [5.74, 6) is -0.119. The molecule has 1 saturated carbocycles. The van der Waals surface area contributed by atoms with Crippen LogP contribution in [0.15, 0.2) is 29.2 Å². The Morgan fingerprint density at radius 3 is 2.53 bits per heavy atom. The average molecular weight is 676 g/mol. The molecule has 3 heterocycles. The summed E-state index contributed by atoms with van der Waals surface area (Å²) in [6.07, 6.45) is 2.96. The van der Waals surface area contributed by atoms with Gasteiger partial charge in [0, 0.05) is 16.9 Å². The van der Waals surface area contributed by atoms with E-state index < -0.39 is 6.43 Å². The molecule has 12 heteroatoms. The van der Waals surface area contributed by atoms with E-state index in [4.69, 9.17) is 4.74 Å². The lowest BCUT2D eigenvalue weighted by Gasteiger charge is -2.20. The van der Waals surface area contributed by atoms with Crippen molar-refractivity contribution < 1.29 is 18.3 Å². The van der Waals surface area contributed by atoms with Gasteiger partial charge in [-0.05, 0) is 85.5 Å². The Bertz CT molecular complexity index is 1320. The number of pyridine rings is 1. The van der Waals surface area contributed by atoms with Crippen LogP contribution in [0.1, 0.15) is 77.3 Å². The van der Waals surface area contributed by atoms with Crippen molar-refractivity contribution in [3.05, 3.63) is 35.7 Å². The van der Waals surface area contributed by atoms with Gasteiger partial charge >= 0.3 is 0 Å². The van der Waals surface area contributed by atoms with Gasteiger partial charge in [-0.15, -0.1) is 11.8 Å². The Labute approximate surface area is 241 Å². The van der Waals surface area contributed by atoms with Crippen molar-refractivity contribution in [1.29, 1.82) is 0 Å². The summed E-state index contributed by atoms with van der Waals surface area (Å²) >= 11 is 3.63. The molecule has 2 atom stereocenters. The van der Waals surface area contributed by atoms with E-state index in [1.165, 1.54) is 4.34 Å². The highest BCUT2D eigenvalue weighted by molar-refractivity contribution is 14.2. The van der Waals surface area contributed by atoms with Gasteiger partial charge in [-0.1, -0.05) is 19.9 Å². The number of rotatable bonds is 8. The molecule has 2 aliphatic rings. The molecule has 1 aliphatic carbocycles. The Morgan fingerprint density at radius 2 is 1.95 bits per heavy atom. The lowest BCUT2D eigenvalue weighted by Crippen LogP contribution is -2.17. The number of ether oxygens (including phenoxy) is 1. The standard InChI is InChI=1S/C24H27F2IN5O2PS.C2H6/c1-24(2)9-8-16(34-24)13-6-7-14(17(10-13)36-3)28-15-11-18(30-23(33)12-4-5-12)29-21-19(15)31-22(20(25)26)32(21)35-27;1-2/h6-7,10-12,16,20,35H,4-5,8-9H2,1-3H3,(H2,28,29,30,33);1-2H3. The molecule has 2 N–H and O–H groups in total. The second kappa shape index (κ2) is 12.3. The number of amides is 1. The predicted molar refractivity (Wildman–Crippen MR) is 162 cm³/mol. The van der Waals surface area contributed by atoms with Gasteiger partial charge in [0.1, 0.15) is 11.3 Å². The fraction of sp³-hybridized carbons (Fsp3) is 0.500. The van der Waals surface area contributed by atoms with Crippen LogP contribution in [0, 0.1) is 5.92 Å². The number of hydrogen-bond donors (Lipinski definition) is 2. The first-order valence-electron chi connectivity index (χ1n) is 12.7. The molecule has 1 aromatic carbocycles. The van der Waals surface area contributed by atoms with Gasteiger partial charge in [-0.2, -0.15) is 0 Å². The summed E-state index contributed by atoms with van der Waals surface area (Å²) in [5.41, 5.74) is 2.98. The summed E-state index contributed by atoms with van der Waals surface area (Å²) in [5, 5.41) is 6.24. The van der Waals surface area contributed by atoms with E-state index in [0.29, 0.717) is 22.7 Å². The number of thioether (sulfide) groups is 1. The van der Waals surface area contributed by atoms with Gasteiger partial charge in [0.05, 0.1) is 29.5 Å². The molecular formula is C26H33F2IN5O2PS. The zero-order valence-electron chi connectivity index (χ0n) is 22.1. The minimum atomic E-state index is -2.74. The molecule has 0 bridgehead atoms.